The van der Waals surface area contributed by atoms with Gasteiger partial charge in [-0.1, -0.05) is 43.0 Å². The van der Waals surface area contributed by atoms with Gasteiger partial charge in [-0.25, -0.2) is 0 Å². The van der Waals surface area contributed by atoms with Gasteiger partial charge < -0.3 is 15.7 Å². The predicted octanol–water partition coefficient (Wildman–Crippen LogP) is 2.66. The van der Waals surface area contributed by atoms with E-state index in [9.17, 15) is 9.90 Å². The van der Waals surface area contributed by atoms with Crippen molar-refractivity contribution in [3.63, 3.8) is 0 Å². The van der Waals surface area contributed by atoms with E-state index in [1.165, 1.54) is 6.42 Å². The zero-order valence-corrected chi connectivity index (χ0v) is 15.3. The number of rotatable bonds is 4. The molecule has 4 nitrogen and oxygen atoms in total. The summed E-state index contributed by atoms with van der Waals surface area (Å²) in [6.07, 6.45) is 4.73. The van der Waals surface area contributed by atoms with E-state index in [0.29, 0.717) is 18.1 Å². The summed E-state index contributed by atoms with van der Waals surface area (Å²) in [7, 11) is 0. The Morgan fingerprint density at radius 2 is 1.88 bits per heavy atom. The number of benzene rings is 1. The second-order valence-corrected chi connectivity index (χ2v) is 7.28. The lowest BCUT2D eigenvalue weighted by molar-refractivity contribution is -0.128. The van der Waals surface area contributed by atoms with Gasteiger partial charge >= 0.3 is 0 Å². The van der Waals surface area contributed by atoms with Crippen LogP contribution < -0.4 is 10.6 Å². The Labute approximate surface area is 154 Å². The Bertz CT molecular complexity index is 544. The van der Waals surface area contributed by atoms with Gasteiger partial charge in [0.25, 0.3) is 0 Å². The third-order valence-electron chi connectivity index (χ3n) is 5.37. The van der Waals surface area contributed by atoms with Crippen molar-refractivity contribution in [1.29, 1.82) is 0 Å². The molecular formula is C18H26Cl2N2O2. The lowest BCUT2D eigenvalue weighted by atomic mass is 9.68. The van der Waals surface area contributed by atoms with Gasteiger partial charge in [0.2, 0.25) is 5.91 Å². The second-order valence-electron chi connectivity index (χ2n) is 6.85. The third-order valence-corrected chi connectivity index (χ3v) is 5.62. The first-order valence-corrected chi connectivity index (χ1v) is 8.93. The van der Waals surface area contributed by atoms with Gasteiger partial charge in [0.1, 0.15) is 0 Å². The number of carbonyl (C=O) groups excluding carboxylic acids is 1. The van der Waals surface area contributed by atoms with Gasteiger partial charge in [0.15, 0.2) is 0 Å². The SMILES string of the molecule is Cl.O=C(NCC1CNCC1O)C1(c2ccc(Cl)cc2)CCCCC1. The number of halogens is 2. The molecule has 2 fully saturated rings. The van der Waals surface area contributed by atoms with Crippen molar-refractivity contribution >= 4 is 29.9 Å². The molecule has 6 heteroatoms. The molecule has 1 aromatic carbocycles. The number of aliphatic hydroxyl groups excluding tert-OH is 1. The smallest absolute Gasteiger partial charge is 0.230 e. The Morgan fingerprint density at radius 3 is 2.46 bits per heavy atom. The molecule has 1 aliphatic carbocycles. The first-order valence-electron chi connectivity index (χ1n) is 8.55. The van der Waals surface area contributed by atoms with Crippen LogP contribution in [-0.2, 0) is 10.2 Å². The molecule has 0 aromatic heterocycles. The summed E-state index contributed by atoms with van der Waals surface area (Å²) >= 11 is 6.00. The molecule has 3 N–H and O–H groups in total. The van der Waals surface area contributed by atoms with Crippen LogP contribution in [0.1, 0.15) is 37.7 Å². The predicted molar refractivity (Wildman–Crippen MR) is 98.8 cm³/mol. The molecule has 134 valence electrons. The average Bonchev–Trinajstić information content (AvgIpc) is 2.99. The maximum absolute atomic E-state index is 13.0. The zero-order valence-electron chi connectivity index (χ0n) is 13.8. The van der Waals surface area contributed by atoms with Crippen molar-refractivity contribution in [2.45, 2.75) is 43.6 Å². The van der Waals surface area contributed by atoms with E-state index < -0.39 is 5.41 Å². The van der Waals surface area contributed by atoms with Crippen molar-refractivity contribution in [1.82, 2.24) is 10.6 Å². The fraction of sp³-hybridized carbons (Fsp3) is 0.611. The average molecular weight is 373 g/mol. The topological polar surface area (TPSA) is 61.4 Å². The summed E-state index contributed by atoms with van der Waals surface area (Å²) in [6, 6.07) is 7.70. The third kappa shape index (κ3) is 4.05. The highest BCUT2D eigenvalue weighted by atomic mass is 35.5. The first-order chi connectivity index (χ1) is 11.1. The minimum Gasteiger partial charge on any atom is -0.391 e. The number of β-amino-alcohol motifs (C(OH)–C–C–N with tert-alkyl or cyclic N) is 1. The standard InChI is InChI=1S/C18H25ClN2O2.ClH/c19-15-6-4-14(5-7-15)18(8-2-1-3-9-18)17(23)21-11-13-10-20-12-16(13)22;/h4-7,13,16,20,22H,1-3,8-12H2,(H,21,23);1H. The van der Waals surface area contributed by atoms with Crippen LogP contribution in [-0.4, -0.2) is 36.8 Å². The fourth-order valence-corrected chi connectivity index (χ4v) is 4.02. The van der Waals surface area contributed by atoms with Crippen LogP contribution >= 0.6 is 24.0 Å². The number of aliphatic hydroxyl groups is 1. The number of hydrogen-bond acceptors (Lipinski definition) is 3. The van der Waals surface area contributed by atoms with E-state index in [1.54, 1.807) is 0 Å². The number of nitrogens with one attached hydrogen (secondary N) is 2. The normalized spacial score (nSPS) is 25.8. The first kappa shape index (κ1) is 19.5. The van der Waals surface area contributed by atoms with Crippen LogP contribution in [0.3, 0.4) is 0 Å². The van der Waals surface area contributed by atoms with Crippen LogP contribution in [0.25, 0.3) is 0 Å². The monoisotopic (exact) mass is 372 g/mol. The number of hydrogen-bond donors (Lipinski definition) is 3. The van der Waals surface area contributed by atoms with Crippen LogP contribution in [0.4, 0.5) is 0 Å². The van der Waals surface area contributed by atoms with Crippen LogP contribution in [0.2, 0.25) is 5.02 Å². The summed E-state index contributed by atoms with van der Waals surface area (Å²) < 4.78 is 0. The molecule has 1 heterocycles. The van der Waals surface area contributed by atoms with Gasteiger partial charge in [-0.15, -0.1) is 12.4 Å². The Hall–Kier alpha value is -0.810. The van der Waals surface area contributed by atoms with Gasteiger partial charge in [0.05, 0.1) is 11.5 Å². The molecule has 0 radical (unpaired) electrons. The molecule has 0 bridgehead atoms. The largest absolute Gasteiger partial charge is 0.391 e. The van der Waals surface area contributed by atoms with Crippen molar-refractivity contribution in [3.8, 4) is 0 Å². The van der Waals surface area contributed by atoms with Gasteiger partial charge in [-0.2, -0.15) is 0 Å². The molecule has 1 aliphatic heterocycles. The molecule has 2 unspecified atom stereocenters. The molecule has 3 rings (SSSR count). The molecule has 0 spiro atoms. The molecule has 24 heavy (non-hydrogen) atoms. The molecule has 2 atom stereocenters. The highest BCUT2D eigenvalue weighted by Gasteiger charge is 2.41. The van der Waals surface area contributed by atoms with Crippen molar-refractivity contribution in [3.05, 3.63) is 34.9 Å². The molecule has 1 amide bonds. The van der Waals surface area contributed by atoms with E-state index >= 15 is 0 Å². The van der Waals surface area contributed by atoms with Crippen LogP contribution in [0, 0.1) is 5.92 Å². The summed E-state index contributed by atoms with van der Waals surface area (Å²) in [6.45, 7) is 1.90. The summed E-state index contributed by atoms with van der Waals surface area (Å²) in [5.74, 6) is 0.198. The quantitative estimate of drug-likeness (QED) is 0.761. The second kappa shape index (κ2) is 8.52. The highest BCUT2D eigenvalue weighted by molar-refractivity contribution is 6.30. The van der Waals surface area contributed by atoms with E-state index in [0.717, 1.165) is 37.8 Å². The highest BCUT2D eigenvalue weighted by Crippen LogP contribution is 2.40. The zero-order chi connectivity index (χ0) is 16.3. The Kier molecular flexibility index (Phi) is 6.93. The Balaban J connectivity index is 0.00000208. The minimum atomic E-state index is -0.445. The summed E-state index contributed by atoms with van der Waals surface area (Å²) in [5.41, 5.74) is 0.615. The Morgan fingerprint density at radius 1 is 1.21 bits per heavy atom. The maximum Gasteiger partial charge on any atom is 0.230 e. The van der Waals surface area contributed by atoms with Crippen LogP contribution in [0.5, 0.6) is 0 Å². The van der Waals surface area contributed by atoms with Crippen LogP contribution in [0.15, 0.2) is 24.3 Å². The van der Waals surface area contributed by atoms with E-state index in [2.05, 4.69) is 10.6 Å². The summed E-state index contributed by atoms with van der Waals surface area (Å²) in [5, 5.41) is 16.9. The van der Waals surface area contributed by atoms with Gasteiger partial charge in [-0.05, 0) is 30.5 Å². The lowest BCUT2D eigenvalue weighted by Crippen LogP contribution is -2.48. The number of amides is 1. The minimum absolute atomic E-state index is 0. The molecule has 1 saturated carbocycles. The molecule has 1 aromatic rings. The number of carbonyl (C=O) groups is 1. The van der Waals surface area contributed by atoms with Crippen molar-refractivity contribution in [2.75, 3.05) is 19.6 Å². The van der Waals surface area contributed by atoms with Crippen molar-refractivity contribution in [2.24, 2.45) is 5.92 Å². The van der Waals surface area contributed by atoms with E-state index in [1.807, 2.05) is 24.3 Å². The fourth-order valence-electron chi connectivity index (χ4n) is 3.89. The summed E-state index contributed by atoms with van der Waals surface area (Å²) in [4.78, 5) is 13.0. The van der Waals surface area contributed by atoms with E-state index in [-0.39, 0.29) is 30.3 Å². The van der Waals surface area contributed by atoms with E-state index in [4.69, 9.17) is 11.6 Å². The van der Waals surface area contributed by atoms with Gasteiger partial charge in [0, 0.05) is 30.6 Å². The van der Waals surface area contributed by atoms with Gasteiger partial charge in [-0.3, -0.25) is 4.79 Å². The molecule has 1 saturated heterocycles. The molecule has 2 aliphatic rings. The maximum atomic E-state index is 13.0. The lowest BCUT2D eigenvalue weighted by Gasteiger charge is -2.36. The van der Waals surface area contributed by atoms with Crippen molar-refractivity contribution < 1.29 is 9.90 Å². The molecular weight excluding hydrogens is 347 g/mol.